The van der Waals surface area contributed by atoms with Crippen molar-refractivity contribution in [1.29, 1.82) is 0 Å². The van der Waals surface area contributed by atoms with Gasteiger partial charge in [-0.05, 0) is 26.3 Å². The lowest BCUT2D eigenvalue weighted by Gasteiger charge is -2.10. The first-order chi connectivity index (χ1) is 13.5. The second-order valence-corrected chi connectivity index (χ2v) is 7.54. The summed E-state index contributed by atoms with van der Waals surface area (Å²) >= 11 is 1.58. The minimum atomic E-state index is -0.191. The molecule has 2 heterocycles. The Balaban J connectivity index is 1.89. The average Bonchev–Trinajstić information content (AvgIpc) is 2.97. The number of hydrogen-bond acceptors (Lipinski definition) is 6. The predicted octanol–water partition coefficient (Wildman–Crippen LogP) is 3.85. The number of thioether (sulfide) groups is 1. The van der Waals surface area contributed by atoms with Gasteiger partial charge in [-0.1, -0.05) is 25.1 Å². The number of fused-ring (bicyclic) bond motifs is 1. The molecule has 7 nitrogen and oxygen atoms in total. The van der Waals surface area contributed by atoms with Crippen LogP contribution in [0.3, 0.4) is 0 Å². The Morgan fingerprint density at radius 2 is 1.86 bits per heavy atom. The molecule has 0 fully saturated rings. The molecule has 0 saturated heterocycles. The highest BCUT2D eigenvalue weighted by Gasteiger charge is 2.14. The summed E-state index contributed by atoms with van der Waals surface area (Å²) in [6.45, 7) is 7.25. The molecule has 1 N–H and O–H groups in total. The molecule has 0 aliphatic carbocycles. The smallest absolute Gasteiger partial charge is 0.258 e. The number of unbranched alkanes of at least 4 members (excludes halogenated alkanes) is 1. The minimum Gasteiger partial charge on any atom is -0.493 e. The molecule has 1 aromatic carbocycles. The molecule has 8 heteroatoms. The lowest BCUT2D eigenvalue weighted by molar-refractivity contribution is 0.355. The summed E-state index contributed by atoms with van der Waals surface area (Å²) in [6.07, 6.45) is 2.24. The number of aromatic nitrogens is 4. The van der Waals surface area contributed by atoms with Crippen LogP contribution in [0.25, 0.3) is 10.9 Å². The second-order valence-electron chi connectivity index (χ2n) is 6.60. The fourth-order valence-electron chi connectivity index (χ4n) is 3.03. The standard InChI is InChI=1S/C20H26N4O3S/c1-6-7-8-24-13(3)12(2)21-20(24)28-11-18-22-15-10-17(27-5)16(26-4)9-14(15)19(25)23-18/h9-10H,6-8,11H2,1-5H3,(H,22,23,25). The third-order valence-corrected chi connectivity index (χ3v) is 5.74. The number of rotatable bonds is 8. The molecular formula is C20H26N4O3S. The van der Waals surface area contributed by atoms with Crippen molar-refractivity contribution >= 4 is 22.7 Å². The monoisotopic (exact) mass is 402 g/mol. The average molecular weight is 403 g/mol. The van der Waals surface area contributed by atoms with Crippen molar-refractivity contribution in [1.82, 2.24) is 19.5 Å². The number of ether oxygens (including phenoxy) is 2. The molecule has 0 aliphatic rings. The number of aromatic amines is 1. The van der Waals surface area contributed by atoms with Crippen LogP contribution >= 0.6 is 11.8 Å². The SMILES string of the molecule is CCCCn1c(SCc2nc3cc(OC)c(OC)cc3c(=O)[nH]2)nc(C)c1C. The van der Waals surface area contributed by atoms with Crippen LogP contribution in [0.1, 0.15) is 37.0 Å². The first-order valence-electron chi connectivity index (χ1n) is 9.29. The van der Waals surface area contributed by atoms with Crippen LogP contribution in [-0.4, -0.2) is 33.7 Å². The van der Waals surface area contributed by atoms with E-state index < -0.39 is 0 Å². The van der Waals surface area contributed by atoms with Crippen LogP contribution in [0.5, 0.6) is 11.5 Å². The number of nitrogens with zero attached hydrogens (tertiary/aromatic N) is 3. The van der Waals surface area contributed by atoms with E-state index in [-0.39, 0.29) is 5.56 Å². The summed E-state index contributed by atoms with van der Waals surface area (Å²) in [5.74, 6) is 2.19. The Morgan fingerprint density at radius 1 is 1.14 bits per heavy atom. The van der Waals surface area contributed by atoms with Crippen molar-refractivity contribution < 1.29 is 9.47 Å². The van der Waals surface area contributed by atoms with E-state index in [4.69, 9.17) is 9.47 Å². The zero-order valence-electron chi connectivity index (χ0n) is 17.0. The Morgan fingerprint density at radius 3 is 2.54 bits per heavy atom. The second kappa shape index (κ2) is 8.68. The quantitative estimate of drug-likeness (QED) is 0.577. The Kier molecular flexibility index (Phi) is 6.28. The van der Waals surface area contributed by atoms with E-state index in [1.807, 2.05) is 6.92 Å². The van der Waals surface area contributed by atoms with Gasteiger partial charge in [-0.25, -0.2) is 9.97 Å². The third-order valence-electron chi connectivity index (χ3n) is 4.76. The molecule has 0 spiro atoms. The Hall–Kier alpha value is -2.48. The lowest BCUT2D eigenvalue weighted by Crippen LogP contribution is -2.12. The van der Waals surface area contributed by atoms with Gasteiger partial charge in [-0.2, -0.15) is 0 Å². The van der Waals surface area contributed by atoms with Crippen molar-refractivity contribution in [2.24, 2.45) is 0 Å². The first-order valence-corrected chi connectivity index (χ1v) is 10.3. The number of aryl methyl sites for hydroxylation is 1. The highest BCUT2D eigenvalue weighted by molar-refractivity contribution is 7.98. The summed E-state index contributed by atoms with van der Waals surface area (Å²) in [5.41, 5.74) is 2.62. The van der Waals surface area contributed by atoms with Gasteiger partial charge in [0, 0.05) is 18.3 Å². The molecule has 0 unspecified atom stereocenters. The molecule has 28 heavy (non-hydrogen) atoms. The molecule has 2 aromatic heterocycles. The summed E-state index contributed by atoms with van der Waals surface area (Å²) in [7, 11) is 3.11. The summed E-state index contributed by atoms with van der Waals surface area (Å²) in [6, 6.07) is 3.38. The van der Waals surface area contributed by atoms with Crippen molar-refractivity contribution in [3.05, 3.63) is 39.7 Å². The van der Waals surface area contributed by atoms with E-state index in [9.17, 15) is 4.79 Å². The van der Waals surface area contributed by atoms with Crippen LogP contribution in [-0.2, 0) is 12.3 Å². The molecule has 0 bridgehead atoms. The maximum atomic E-state index is 12.5. The molecule has 0 aliphatic heterocycles. The number of benzene rings is 1. The Bertz CT molecular complexity index is 1040. The van der Waals surface area contributed by atoms with Crippen molar-refractivity contribution in [3.63, 3.8) is 0 Å². The maximum absolute atomic E-state index is 12.5. The number of imidazole rings is 1. The minimum absolute atomic E-state index is 0.191. The van der Waals surface area contributed by atoms with Crippen LogP contribution in [0.15, 0.2) is 22.1 Å². The maximum Gasteiger partial charge on any atom is 0.258 e. The van der Waals surface area contributed by atoms with E-state index in [1.54, 1.807) is 38.1 Å². The van der Waals surface area contributed by atoms with Gasteiger partial charge < -0.3 is 19.0 Å². The molecule has 0 atom stereocenters. The summed E-state index contributed by atoms with van der Waals surface area (Å²) in [4.78, 5) is 24.7. The summed E-state index contributed by atoms with van der Waals surface area (Å²) in [5, 5.41) is 1.43. The van der Waals surface area contributed by atoms with Crippen LogP contribution in [0, 0.1) is 13.8 Å². The fourth-order valence-corrected chi connectivity index (χ4v) is 4.02. The van der Waals surface area contributed by atoms with Gasteiger partial charge in [-0.3, -0.25) is 4.79 Å². The van der Waals surface area contributed by atoms with Crippen LogP contribution < -0.4 is 15.0 Å². The molecule has 0 saturated carbocycles. The zero-order chi connectivity index (χ0) is 20.3. The number of hydrogen-bond donors (Lipinski definition) is 1. The van der Waals surface area contributed by atoms with Gasteiger partial charge in [0.2, 0.25) is 0 Å². The highest BCUT2D eigenvalue weighted by Crippen LogP contribution is 2.30. The number of methoxy groups -OCH3 is 2. The normalized spacial score (nSPS) is 11.2. The van der Waals surface area contributed by atoms with Gasteiger partial charge in [0.25, 0.3) is 5.56 Å². The molecule has 3 aromatic rings. The number of H-pyrrole nitrogens is 1. The zero-order valence-corrected chi connectivity index (χ0v) is 17.8. The van der Waals surface area contributed by atoms with E-state index in [0.717, 1.165) is 30.2 Å². The van der Waals surface area contributed by atoms with E-state index in [0.29, 0.717) is 34.0 Å². The predicted molar refractivity (Wildman–Crippen MR) is 112 cm³/mol. The van der Waals surface area contributed by atoms with Crippen molar-refractivity contribution in [2.75, 3.05) is 14.2 Å². The van der Waals surface area contributed by atoms with Crippen molar-refractivity contribution in [3.8, 4) is 11.5 Å². The van der Waals surface area contributed by atoms with Crippen LogP contribution in [0.4, 0.5) is 0 Å². The van der Waals surface area contributed by atoms with E-state index >= 15 is 0 Å². The van der Waals surface area contributed by atoms with Gasteiger partial charge in [0.05, 0.1) is 36.6 Å². The van der Waals surface area contributed by atoms with Crippen LogP contribution in [0.2, 0.25) is 0 Å². The molecule has 3 rings (SSSR count). The Labute approximate surface area is 168 Å². The highest BCUT2D eigenvalue weighted by atomic mass is 32.2. The molecule has 0 amide bonds. The van der Waals surface area contributed by atoms with Crippen molar-refractivity contribution in [2.45, 2.75) is 51.1 Å². The van der Waals surface area contributed by atoms with E-state index in [2.05, 4.69) is 33.4 Å². The molecule has 0 radical (unpaired) electrons. The molecule has 150 valence electrons. The van der Waals surface area contributed by atoms with Gasteiger partial charge >= 0.3 is 0 Å². The first kappa shape index (κ1) is 20.3. The molecular weight excluding hydrogens is 376 g/mol. The number of nitrogens with one attached hydrogen (secondary N) is 1. The van der Waals surface area contributed by atoms with E-state index in [1.165, 1.54) is 5.69 Å². The summed E-state index contributed by atoms with van der Waals surface area (Å²) < 4.78 is 12.8. The van der Waals surface area contributed by atoms with Gasteiger partial charge in [-0.15, -0.1) is 0 Å². The van der Waals surface area contributed by atoms with Gasteiger partial charge in [0.15, 0.2) is 16.7 Å². The largest absolute Gasteiger partial charge is 0.493 e. The fraction of sp³-hybridized carbons (Fsp3) is 0.450. The lowest BCUT2D eigenvalue weighted by atomic mass is 10.2. The third kappa shape index (κ3) is 4.01. The topological polar surface area (TPSA) is 82.0 Å². The van der Waals surface area contributed by atoms with Gasteiger partial charge in [0.1, 0.15) is 5.82 Å².